The average Bonchev–Trinajstić information content (AvgIpc) is 3.48. The van der Waals surface area contributed by atoms with Crippen LogP contribution in [0.1, 0.15) is 60.5 Å². The minimum absolute atomic E-state index is 0.138. The maximum absolute atomic E-state index is 12.9. The normalized spacial score (nSPS) is 18.9. The first-order valence-electron chi connectivity index (χ1n) is 10.5. The van der Waals surface area contributed by atoms with Crippen molar-refractivity contribution >= 4 is 16.8 Å². The molecule has 2 aliphatic rings. The number of fused-ring (bicyclic) bond motifs is 1. The maximum atomic E-state index is 12.9. The first-order valence-corrected chi connectivity index (χ1v) is 10.5. The molecule has 2 aromatic heterocycles. The number of aromatic nitrogens is 4. The summed E-state index contributed by atoms with van der Waals surface area (Å²) in [6.45, 7) is 2.54. The second-order valence-electron chi connectivity index (χ2n) is 8.36. The van der Waals surface area contributed by atoms with Crippen molar-refractivity contribution in [3.05, 3.63) is 47.9 Å². The third kappa shape index (κ3) is 3.43. The van der Waals surface area contributed by atoms with Gasteiger partial charge < -0.3 is 9.88 Å². The molecule has 0 bridgehead atoms. The number of nitrogens with one attached hydrogen (secondary N) is 1. The lowest BCUT2D eigenvalue weighted by atomic mass is 9.96. The van der Waals surface area contributed by atoms with E-state index in [1.807, 2.05) is 40.0 Å². The molecule has 1 aromatic carbocycles. The monoisotopic (exact) mass is 377 g/mol. The van der Waals surface area contributed by atoms with E-state index in [2.05, 4.69) is 21.5 Å². The van der Waals surface area contributed by atoms with Gasteiger partial charge >= 0.3 is 0 Å². The standard InChI is InChI=1S/C22H27N5O/c28-22(19-6-5-18-7-10-23-20(18)13-19)26-11-8-16(9-12-26)14-27-15-21(24-25-27)17-3-1-2-4-17/h5-7,10,13,15-17,23H,1-4,8-9,11-12,14H2. The van der Waals surface area contributed by atoms with Gasteiger partial charge in [0.15, 0.2) is 0 Å². The SMILES string of the molecule is O=C(c1ccc2cc[nH]c2c1)N1CCC(Cn2cc(C3CCCC3)nn2)CC1. The number of hydrogen-bond donors (Lipinski definition) is 1. The van der Waals surface area contributed by atoms with Crippen LogP contribution < -0.4 is 0 Å². The van der Waals surface area contributed by atoms with Crippen molar-refractivity contribution in [2.75, 3.05) is 13.1 Å². The van der Waals surface area contributed by atoms with Gasteiger partial charge in [0, 0.05) is 49.0 Å². The Bertz CT molecular complexity index is 960. The third-order valence-corrected chi connectivity index (χ3v) is 6.48. The van der Waals surface area contributed by atoms with E-state index in [-0.39, 0.29) is 5.91 Å². The number of carbonyl (C=O) groups is 1. The van der Waals surface area contributed by atoms with Crippen LogP contribution in [-0.2, 0) is 6.54 Å². The molecule has 6 nitrogen and oxygen atoms in total. The van der Waals surface area contributed by atoms with E-state index < -0.39 is 0 Å². The molecule has 3 aromatic rings. The molecule has 0 spiro atoms. The third-order valence-electron chi connectivity index (χ3n) is 6.48. The zero-order chi connectivity index (χ0) is 18.9. The molecule has 5 rings (SSSR count). The number of H-pyrrole nitrogens is 1. The Hall–Kier alpha value is -2.63. The Kier molecular flexibility index (Phi) is 4.63. The Morgan fingerprint density at radius 2 is 1.93 bits per heavy atom. The molecule has 28 heavy (non-hydrogen) atoms. The van der Waals surface area contributed by atoms with E-state index in [1.54, 1.807) is 0 Å². The summed E-state index contributed by atoms with van der Waals surface area (Å²) in [5.74, 6) is 1.32. The number of benzene rings is 1. The smallest absolute Gasteiger partial charge is 0.253 e. The molecule has 3 heterocycles. The summed E-state index contributed by atoms with van der Waals surface area (Å²) in [6, 6.07) is 7.93. The van der Waals surface area contributed by atoms with Crippen molar-refractivity contribution < 1.29 is 4.79 Å². The van der Waals surface area contributed by atoms with E-state index in [9.17, 15) is 4.79 Å². The van der Waals surface area contributed by atoms with Crippen molar-refractivity contribution in [1.82, 2.24) is 24.9 Å². The Balaban J connectivity index is 1.17. The lowest BCUT2D eigenvalue weighted by molar-refractivity contribution is 0.0681. The Labute approximate surface area is 164 Å². The zero-order valence-corrected chi connectivity index (χ0v) is 16.2. The van der Waals surface area contributed by atoms with Gasteiger partial charge in [0.1, 0.15) is 0 Å². The van der Waals surface area contributed by atoms with Gasteiger partial charge in [-0.2, -0.15) is 0 Å². The highest BCUT2D eigenvalue weighted by atomic mass is 16.2. The van der Waals surface area contributed by atoms with Gasteiger partial charge in [-0.05, 0) is 55.2 Å². The number of hydrogen-bond acceptors (Lipinski definition) is 3. The number of rotatable bonds is 4. The zero-order valence-electron chi connectivity index (χ0n) is 16.2. The number of likely N-dealkylation sites (tertiary alicyclic amines) is 1. The molecule has 2 fully saturated rings. The van der Waals surface area contributed by atoms with Crippen LogP contribution in [0.15, 0.2) is 36.7 Å². The molecule has 0 unspecified atom stereocenters. The van der Waals surface area contributed by atoms with Gasteiger partial charge in [-0.15, -0.1) is 5.10 Å². The fourth-order valence-corrected chi connectivity index (χ4v) is 4.76. The van der Waals surface area contributed by atoms with E-state index in [1.165, 1.54) is 31.4 Å². The molecular weight excluding hydrogens is 350 g/mol. The average molecular weight is 377 g/mol. The minimum atomic E-state index is 0.138. The molecule has 6 heteroatoms. The van der Waals surface area contributed by atoms with E-state index in [4.69, 9.17) is 0 Å². The van der Waals surface area contributed by atoms with Crippen LogP contribution in [0.5, 0.6) is 0 Å². The van der Waals surface area contributed by atoms with Gasteiger partial charge in [-0.25, -0.2) is 0 Å². The van der Waals surface area contributed by atoms with Crippen molar-refractivity contribution in [2.45, 2.75) is 51.0 Å². The summed E-state index contributed by atoms with van der Waals surface area (Å²) < 4.78 is 2.02. The van der Waals surface area contributed by atoms with Crippen LogP contribution in [-0.4, -0.2) is 43.9 Å². The minimum Gasteiger partial charge on any atom is -0.361 e. The van der Waals surface area contributed by atoms with Crippen LogP contribution in [0.25, 0.3) is 10.9 Å². The number of aromatic amines is 1. The molecule has 146 valence electrons. The second-order valence-corrected chi connectivity index (χ2v) is 8.36. The molecule has 1 aliphatic carbocycles. The highest BCUT2D eigenvalue weighted by Gasteiger charge is 2.25. The first-order chi connectivity index (χ1) is 13.8. The van der Waals surface area contributed by atoms with Gasteiger partial charge in [0.2, 0.25) is 0 Å². The summed E-state index contributed by atoms with van der Waals surface area (Å²) in [4.78, 5) is 18.0. The lowest BCUT2D eigenvalue weighted by Crippen LogP contribution is -2.39. The number of carbonyl (C=O) groups excluding carboxylic acids is 1. The van der Waals surface area contributed by atoms with Gasteiger partial charge in [0.25, 0.3) is 5.91 Å². The van der Waals surface area contributed by atoms with Crippen LogP contribution in [0.3, 0.4) is 0 Å². The van der Waals surface area contributed by atoms with E-state index >= 15 is 0 Å². The topological polar surface area (TPSA) is 66.8 Å². The summed E-state index contributed by atoms with van der Waals surface area (Å²) in [7, 11) is 0. The lowest BCUT2D eigenvalue weighted by Gasteiger charge is -2.32. The van der Waals surface area contributed by atoms with E-state index in [0.29, 0.717) is 11.8 Å². The number of nitrogens with zero attached hydrogens (tertiary/aromatic N) is 4. The highest BCUT2D eigenvalue weighted by molar-refractivity contribution is 5.97. The quantitative estimate of drug-likeness (QED) is 0.748. The second kappa shape index (κ2) is 7.41. The first kappa shape index (κ1) is 17.5. The van der Waals surface area contributed by atoms with Crippen LogP contribution in [0, 0.1) is 5.92 Å². The van der Waals surface area contributed by atoms with Crippen molar-refractivity contribution in [3.8, 4) is 0 Å². The molecule has 0 atom stereocenters. The van der Waals surface area contributed by atoms with Crippen LogP contribution in [0.4, 0.5) is 0 Å². The van der Waals surface area contributed by atoms with Crippen molar-refractivity contribution in [3.63, 3.8) is 0 Å². The number of amides is 1. The van der Waals surface area contributed by atoms with Gasteiger partial charge in [-0.1, -0.05) is 24.1 Å². The summed E-state index contributed by atoms with van der Waals surface area (Å²) in [5.41, 5.74) is 2.96. The largest absolute Gasteiger partial charge is 0.361 e. The fraction of sp³-hybridized carbons (Fsp3) is 0.500. The Morgan fingerprint density at radius 1 is 1.11 bits per heavy atom. The van der Waals surface area contributed by atoms with Gasteiger partial charge in [0.05, 0.1) is 5.69 Å². The summed E-state index contributed by atoms with van der Waals surface area (Å²) in [5, 5.41) is 9.91. The fourth-order valence-electron chi connectivity index (χ4n) is 4.76. The highest BCUT2D eigenvalue weighted by Crippen LogP contribution is 2.32. The van der Waals surface area contributed by atoms with Crippen molar-refractivity contribution in [2.24, 2.45) is 5.92 Å². The van der Waals surface area contributed by atoms with Crippen molar-refractivity contribution in [1.29, 1.82) is 0 Å². The number of piperidine rings is 1. The molecule has 1 aliphatic heterocycles. The predicted octanol–water partition coefficient (Wildman–Crippen LogP) is 3.97. The van der Waals surface area contributed by atoms with E-state index in [0.717, 1.165) is 48.9 Å². The summed E-state index contributed by atoms with van der Waals surface area (Å²) >= 11 is 0. The molecule has 1 saturated heterocycles. The molecule has 1 saturated carbocycles. The molecule has 0 radical (unpaired) electrons. The maximum Gasteiger partial charge on any atom is 0.253 e. The molecule has 1 amide bonds. The summed E-state index contributed by atoms with van der Waals surface area (Å²) in [6.07, 6.45) is 11.3. The molecule has 1 N–H and O–H groups in total. The predicted molar refractivity (Wildman–Crippen MR) is 108 cm³/mol. The van der Waals surface area contributed by atoms with Gasteiger partial charge in [-0.3, -0.25) is 9.48 Å². The Morgan fingerprint density at radius 3 is 2.75 bits per heavy atom. The van der Waals surface area contributed by atoms with Crippen LogP contribution >= 0.6 is 0 Å². The van der Waals surface area contributed by atoms with Crippen LogP contribution in [0.2, 0.25) is 0 Å². The molecular formula is C22H27N5O.